The highest BCUT2D eigenvalue weighted by molar-refractivity contribution is 7.89. The molecule has 7 heteroatoms. The summed E-state index contributed by atoms with van der Waals surface area (Å²) in [5.74, 6) is 0. The fraction of sp³-hybridized carbons (Fsp3) is 0.667. The van der Waals surface area contributed by atoms with E-state index in [4.69, 9.17) is 0 Å². The molecule has 0 saturated carbocycles. The van der Waals surface area contributed by atoms with Crippen molar-refractivity contribution in [2.75, 3.05) is 26.7 Å². The van der Waals surface area contributed by atoms with Crippen molar-refractivity contribution in [3.05, 3.63) is 12.4 Å². The lowest BCUT2D eigenvalue weighted by Gasteiger charge is -2.36. The van der Waals surface area contributed by atoms with Crippen LogP contribution in [-0.2, 0) is 10.0 Å². The summed E-state index contributed by atoms with van der Waals surface area (Å²) in [4.78, 5) is 2.39. The van der Waals surface area contributed by atoms with Gasteiger partial charge in [0, 0.05) is 31.9 Å². The number of aromatic amines is 1. The first kappa shape index (κ1) is 11.6. The highest BCUT2D eigenvalue weighted by Crippen LogP contribution is 2.17. The Morgan fingerprint density at radius 2 is 2.25 bits per heavy atom. The number of sulfonamides is 1. The average molecular weight is 244 g/mol. The van der Waals surface area contributed by atoms with Crippen LogP contribution in [0.5, 0.6) is 0 Å². The van der Waals surface area contributed by atoms with E-state index >= 15 is 0 Å². The van der Waals surface area contributed by atoms with Gasteiger partial charge in [0.2, 0.25) is 10.0 Å². The van der Waals surface area contributed by atoms with E-state index in [1.807, 2.05) is 14.0 Å². The summed E-state index contributed by atoms with van der Waals surface area (Å²) in [7, 11) is -1.36. The maximum absolute atomic E-state index is 12.1. The monoisotopic (exact) mass is 244 g/mol. The van der Waals surface area contributed by atoms with Crippen LogP contribution in [0.3, 0.4) is 0 Å². The van der Waals surface area contributed by atoms with Crippen LogP contribution in [0, 0.1) is 0 Å². The minimum atomic E-state index is -3.36. The number of likely N-dealkylation sites (N-methyl/N-ethyl adjacent to an activating group) is 1. The van der Waals surface area contributed by atoms with E-state index in [1.165, 1.54) is 16.7 Å². The van der Waals surface area contributed by atoms with Gasteiger partial charge >= 0.3 is 0 Å². The number of aromatic nitrogens is 2. The zero-order valence-electron chi connectivity index (χ0n) is 9.42. The van der Waals surface area contributed by atoms with E-state index in [0.29, 0.717) is 13.1 Å². The van der Waals surface area contributed by atoms with Gasteiger partial charge in [-0.1, -0.05) is 0 Å². The van der Waals surface area contributed by atoms with E-state index in [9.17, 15) is 8.42 Å². The second-order valence-corrected chi connectivity index (χ2v) is 6.06. The number of piperazine rings is 1. The first-order chi connectivity index (χ1) is 7.51. The van der Waals surface area contributed by atoms with Gasteiger partial charge in [-0.05, 0) is 14.0 Å². The maximum Gasteiger partial charge on any atom is 0.246 e. The van der Waals surface area contributed by atoms with E-state index in [-0.39, 0.29) is 10.9 Å². The lowest BCUT2D eigenvalue weighted by molar-refractivity contribution is 0.159. The number of nitrogens with one attached hydrogen (secondary N) is 1. The molecule has 0 aliphatic carbocycles. The minimum Gasteiger partial charge on any atom is -0.301 e. The second-order valence-electron chi connectivity index (χ2n) is 4.13. The molecule has 1 N–H and O–H groups in total. The summed E-state index contributed by atoms with van der Waals surface area (Å²) in [5.41, 5.74) is 0. The van der Waals surface area contributed by atoms with E-state index < -0.39 is 10.0 Å². The zero-order valence-corrected chi connectivity index (χ0v) is 10.2. The minimum absolute atomic E-state index is 0.240. The lowest BCUT2D eigenvalue weighted by atomic mass is 10.2. The molecule has 1 unspecified atom stereocenters. The molecular weight excluding hydrogens is 228 g/mol. The van der Waals surface area contributed by atoms with Crippen molar-refractivity contribution in [2.24, 2.45) is 0 Å². The Bertz CT molecular complexity index is 442. The molecule has 0 aromatic carbocycles. The van der Waals surface area contributed by atoms with Crippen molar-refractivity contribution in [3.63, 3.8) is 0 Å². The molecule has 1 aromatic heterocycles. The van der Waals surface area contributed by atoms with Gasteiger partial charge in [-0.2, -0.15) is 9.40 Å². The first-order valence-corrected chi connectivity index (χ1v) is 6.65. The molecule has 1 saturated heterocycles. The molecule has 1 aliphatic rings. The van der Waals surface area contributed by atoms with Crippen LogP contribution < -0.4 is 0 Å². The topological polar surface area (TPSA) is 69.3 Å². The third-order valence-corrected chi connectivity index (χ3v) is 4.86. The molecule has 6 nitrogen and oxygen atoms in total. The standard InChI is InChI=1S/C9H16N4O2S/c1-8-7-13(4-3-12(8)2)16(14,15)9-5-10-11-6-9/h5-6,8H,3-4,7H2,1-2H3,(H,10,11). The van der Waals surface area contributed by atoms with Crippen molar-refractivity contribution in [1.29, 1.82) is 0 Å². The van der Waals surface area contributed by atoms with Crippen molar-refractivity contribution >= 4 is 10.0 Å². The summed E-state index contributed by atoms with van der Waals surface area (Å²) in [6.45, 7) is 3.85. The predicted molar refractivity (Wildman–Crippen MR) is 59.4 cm³/mol. The van der Waals surface area contributed by atoms with Gasteiger partial charge < -0.3 is 4.90 Å². The van der Waals surface area contributed by atoms with Crippen LogP contribution in [0.25, 0.3) is 0 Å². The van der Waals surface area contributed by atoms with Crippen LogP contribution in [0.1, 0.15) is 6.92 Å². The number of H-pyrrole nitrogens is 1. The van der Waals surface area contributed by atoms with E-state index in [2.05, 4.69) is 15.1 Å². The highest BCUT2D eigenvalue weighted by atomic mass is 32.2. The predicted octanol–water partition coefficient (Wildman–Crippen LogP) is -0.266. The molecule has 0 radical (unpaired) electrons. The molecule has 2 heterocycles. The molecule has 0 spiro atoms. The third kappa shape index (κ3) is 1.98. The smallest absolute Gasteiger partial charge is 0.246 e. The van der Waals surface area contributed by atoms with Crippen LogP contribution in [0.4, 0.5) is 0 Å². The van der Waals surface area contributed by atoms with Crippen molar-refractivity contribution in [1.82, 2.24) is 19.4 Å². The molecular formula is C9H16N4O2S. The summed E-state index contributed by atoms with van der Waals surface area (Å²) in [6.07, 6.45) is 2.76. The molecule has 16 heavy (non-hydrogen) atoms. The number of nitrogens with zero attached hydrogens (tertiary/aromatic N) is 3. The molecule has 0 bridgehead atoms. The summed E-state index contributed by atoms with van der Waals surface area (Å²) in [5, 5.41) is 6.20. The Balaban J connectivity index is 2.20. The maximum atomic E-state index is 12.1. The molecule has 90 valence electrons. The van der Waals surface area contributed by atoms with Crippen molar-refractivity contribution in [2.45, 2.75) is 17.9 Å². The van der Waals surface area contributed by atoms with Gasteiger partial charge in [0.15, 0.2) is 0 Å². The zero-order chi connectivity index (χ0) is 11.8. The van der Waals surface area contributed by atoms with Gasteiger partial charge in [-0.25, -0.2) is 8.42 Å². The molecule has 2 rings (SSSR count). The van der Waals surface area contributed by atoms with Gasteiger partial charge in [-0.15, -0.1) is 0 Å². The Morgan fingerprint density at radius 1 is 1.50 bits per heavy atom. The van der Waals surface area contributed by atoms with Crippen LogP contribution >= 0.6 is 0 Å². The van der Waals surface area contributed by atoms with Gasteiger partial charge in [0.25, 0.3) is 0 Å². The Kier molecular flexibility index (Phi) is 3.00. The second kappa shape index (κ2) is 4.15. The number of hydrogen-bond acceptors (Lipinski definition) is 4. The molecule has 0 amide bonds. The Morgan fingerprint density at radius 3 is 2.81 bits per heavy atom. The quantitative estimate of drug-likeness (QED) is 0.778. The van der Waals surface area contributed by atoms with Crippen molar-refractivity contribution < 1.29 is 8.42 Å². The summed E-state index contributed by atoms with van der Waals surface area (Å²) >= 11 is 0. The van der Waals surface area contributed by atoms with E-state index in [0.717, 1.165) is 6.54 Å². The Labute approximate surface area is 95.3 Å². The molecule has 1 fully saturated rings. The van der Waals surface area contributed by atoms with Gasteiger partial charge in [0.1, 0.15) is 4.90 Å². The normalized spacial score (nSPS) is 24.8. The number of hydrogen-bond donors (Lipinski definition) is 1. The summed E-state index contributed by atoms with van der Waals surface area (Å²) < 4.78 is 25.8. The lowest BCUT2D eigenvalue weighted by Crippen LogP contribution is -2.51. The molecule has 1 aromatic rings. The average Bonchev–Trinajstić information content (AvgIpc) is 2.75. The van der Waals surface area contributed by atoms with Gasteiger partial charge in [0.05, 0.1) is 6.20 Å². The molecule has 1 atom stereocenters. The van der Waals surface area contributed by atoms with E-state index in [1.54, 1.807) is 0 Å². The SMILES string of the molecule is CC1CN(S(=O)(=O)c2cn[nH]c2)CCN1C. The molecule has 1 aliphatic heterocycles. The fourth-order valence-corrected chi connectivity index (χ4v) is 3.18. The highest BCUT2D eigenvalue weighted by Gasteiger charge is 2.31. The van der Waals surface area contributed by atoms with Crippen LogP contribution in [0.15, 0.2) is 17.3 Å². The van der Waals surface area contributed by atoms with Crippen molar-refractivity contribution in [3.8, 4) is 0 Å². The first-order valence-electron chi connectivity index (χ1n) is 5.21. The van der Waals surface area contributed by atoms with Crippen LogP contribution in [0.2, 0.25) is 0 Å². The summed E-state index contributed by atoms with van der Waals surface area (Å²) in [6, 6.07) is 0.246. The number of rotatable bonds is 2. The fourth-order valence-electron chi connectivity index (χ4n) is 1.76. The third-order valence-electron chi connectivity index (χ3n) is 3.03. The Hall–Kier alpha value is -0.920. The van der Waals surface area contributed by atoms with Gasteiger partial charge in [-0.3, -0.25) is 5.10 Å². The van der Waals surface area contributed by atoms with Crippen LogP contribution in [-0.4, -0.2) is 60.5 Å². The largest absolute Gasteiger partial charge is 0.301 e.